The molecule has 0 saturated carbocycles. The van der Waals surface area contributed by atoms with Crippen molar-refractivity contribution in [3.8, 4) is 5.82 Å². The maximum Gasteiger partial charge on any atom is 0.227 e. The molecule has 0 radical (unpaired) electrons. The normalized spacial score (nSPS) is 14.3. The number of aryl methyl sites for hydroxylation is 1. The molecule has 150 valence electrons. The van der Waals surface area contributed by atoms with E-state index in [1.54, 1.807) is 15.6 Å². The Labute approximate surface area is 172 Å². The van der Waals surface area contributed by atoms with E-state index < -0.39 is 5.82 Å². The van der Waals surface area contributed by atoms with E-state index in [0.29, 0.717) is 32.0 Å². The zero-order valence-electron chi connectivity index (χ0n) is 15.9. The van der Waals surface area contributed by atoms with Gasteiger partial charge in [-0.05, 0) is 37.3 Å². The number of hydrogen-bond acceptors (Lipinski definition) is 5. The SMILES string of the molecule is Cc1ccn(-c2ccc(N3CCN(C(=O)Cc4c(F)cccc4Cl)CC3)nn2)n1. The Balaban J connectivity index is 1.36. The van der Waals surface area contributed by atoms with E-state index >= 15 is 0 Å². The van der Waals surface area contributed by atoms with Gasteiger partial charge in [-0.3, -0.25) is 4.79 Å². The van der Waals surface area contributed by atoms with E-state index in [0.717, 1.165) is 11.5 Å². The molecule has 1 aromatic carbocycles. The van der Waals surface area contributed by atoms with Crippen LogP contribution in [0.5, 0.6) is 0 Å². The molecule has 1 amide bonds. The van der Waals surface area contributed by atoms with Crippen LogP contribution in [0.3, 0.4) is 0 Å². The van der Waals surface area contributed by atoms with E-state index in [-0.39, 0.29) is 22.9 Å². The molecule has 2 aromatic heterocycles. The highest BCUT2D eigenvalue weighted by molar-refractivity contribution is 6.31. The highest BCUT2D eigenvalue weighted by Crippen LogP contribution is 2.21. The second-order valence-electron chi connectivity index (χ2n) is 6.90. The van der Waals surface area contributed by atoms with Crippen molar-refractivity contribution < 1.29 is 9.18 Å². The van der Waals surface area contributed by atoms with Crippen molar-refractivity contribution in [2.45, 2.75) is 13.3 Å². The Hall–Kier alpha value is -3.00. The van der Waals surface area contributed by atoms with E-state index in [1.165, 1.54) is 12.1 Å². The molecule has 1 aliphatic rings. The number of carbonyl (C=O) groups excluding carboxylic acids is 1. The Morgan fingerprint density at radius 3 is 2.41 bits per heavy atom. The van der Waals surface area contributed by atoms with Gasteiger partial charge in [-0.2, -0.15) is 5.10 Å². The summed E-state index contributed by atoms with van der Waals surface area (Å²) < 4.78 is 15.6. The fraction of sp³-hybridized carbons (Fsp3) is 0.300. The van der Waals surface area contributed by atoms with Gasteiger partial charge in [0.25, 0.3) is 0 Å². The van der Waals surface area contributed by atoms with Gasteiger partial charge in [-0.25, -0.2) is 9.07 Å². The lowest BCUT2D eigenvalue weighted by Gasteiger charge is -2.35. The maximum atomic E-state index is 13.9. The smallest absolute Gasteiger partial charge is 0.227 e. The monoisotopic (exact) mass is 414 g/mol. The molecule has 3 aromatic rings. The molecule has 0 spiro atoms. The standard InChI is InChI=1S/C20H20ClFN6O/c1-14-7-8-28(25-14)19-6-5-18(23-24-19)26-9-11-27(12-10-26)20(29)13-15-16(21)3-2-4-17(15)22/h2-8H,9-13H2,1H3. The molecule has 1 saturated heterocycles. The van der Waals surface area contributed by atoms with Crippen LogP contribution in [-0.4, -0.2) is 57.0 Å². The van der Waals surface area contributed by atoms with Gasteiger partial charge in [-0.15, -0.1) is 10.2 Å². The first-order valence-corrected chi connectivity index (χ1v) is 9.71. The Bertz CT molecular complexity index is 994. The van der Waals surface area contributed by atoms with Gasteiger partial charge < -0.3 is 9.80 Å². The summed E-state index contributed by atoms with van der Waals surface area (Å²) in [6.45, 7) is 4.25. The van der Waals surface area contributed by atoms with Crippen molar-refractivity contribution >= 4 is 23.3 Å². The van der Waals surface area contributed by atoms with Crippen LogP contribution in [0, 0.1) is 12.7 Å². The lowest BCUT2D eigenvalue weighted by atomic mass is 10.1. The van der Waals surface area contributed by atoms with E-state index in [2.05, 4.69) is 20.2 Å². The molecule has 0 bridgehead atoms. The minimum atomic E-state index is -0.452. The summed E-state index contributed by atoms with van der Waals surface area (Å²) in [5.74, 6) is 0.818. The molecule has 0 N–H and O–H groups in total. The van der Waals surface area contributed by atoms with Crippen LogP contribution in [0.2, 0.25) is 5.02 Å². The van der Waals surface area contributed by atoms with Gasteiger partial charge in [0.15, 0.2) is 11.6 Å². The first kappa shape index (κ1) is 19.3. The van der Waals surface area contributed by atoms with E-state index in [1.807, 2.05) is 31.3 Å². The van der Waals surface area contributed by atoms with Crippen LogP contribution in [0.1, 0.15) is 11.3 Å². The number of hydrogen-bond donors (Lipinski definition) is 0. The fourth-order valence-corrected chi connectivity index (χ4v) is 3.53. The first-order valence-electron chi connectivity index (χ1n) is 9.33. The van der Waals surface area contributed by atoms with Gasteiger partial charge in [-0.1, -0.05) is 17.7 Å². The number of benzene rings is 1. The van der Waals surface area contributed by atoms with Crippen LogP contribution in [-0.2, 0) is 11.2 Å². The average Bonchev–Trinajstić information content (AvgIpc) is 3.17. The minimum absolute atomic E-state index is 0.0384. The van der Waals surface area contributed by atoms with Crippen molar-refractivity contribution in [1.82, 2.24) is 24.9 Å². The number of amides is 1. The fourth-order valence-electron chi connectivity index (χ4n) is 3.30. The largest absolute Gasteiger partial charge is 0.352 e. The third-order valence-corrected chi connectivity index (χ3v) is 5.29. The topological polar surface area (TPSA) is 67.2 Å². The van der Waals surface area contributed by atoms with Gasteiger partial charge in [0.05, 0.1) is 12.1 Å². The Morgan fingerprint density at radius 2 is 1.79 bits per heavy atom. The summed E-state index contributed by atoms with van der Waals surface area (Å²) in [5.41, 5.74) is 1.16. The van der Waals surface area contributed by atoms with Crippen molar-refractivity contribution in [2.75, 3.05) is 31.1 Å². The molecule has 1 aliphatic heterocycles. The second-order valence-corrected chi connectivity index (χ2v) is 7.30. The highest BCUT2D eigenvalue weighted by Gasteiger charge is 2.23. The molecule has 4 rings (SSSR count). The van der Waals surface area contributed by atoms with Crippen LogP contribution in [0.4, 0.5) is 10.2 Å². The maximum absolute atomic E-state index is 13.9. The van der Waals surface area contributed by atoms with Crippen molar-refractivity contribution in [3.63, 3.8) is 0 Å². The number of anilines is 1. The number of nitrogens with zero attached hydrogens (tertiary/aromatic N) is 6. The quantitative estimate of drug-likeness (QED) is 0.656. The van der Waals surface area contributed by atoms with Gasteiger partial charge in [0.2, 0.25) is 5.91 Å². The number of carbonyl (C=O) groups is 1. The van der Waals surface area contributed by atoms with Crippen LogP contribution in [0.25, 0.3) is 5.82 Å². The predicted molar refractivity (Wildman–Crippen MR) is 108 cm³/mol. The third kappa shape index (κ3) is 4.22. The Morgan fingerprint density at radius 1 is 1.07 bits per heavy atom. The van der Waals surface area contributed by atoms with Crippen LogP contribution in [0.15, 0.2) is 42.6 Å². The number of rotatable bonds is 4. The highest BCUT2D eigenvalue weighted by atomic mass is 35.5. The summed E-state index contributed by atoms with van der Waals surface area (Å²) in [7, 11) is 0. The zero-order valence-corrected chi connectivity index (χ0v) is 16.7. The van der Waals surface area contributed by atoms with Gasteiger partial charge in [0.1, 0.15) is 5.82 Å². The summed E-state index contributed by atoms with van der Waals surface area (Å²) in [6.07, 6.45) is 1.80. The Kier molecular flexibility index (Phi) is 5.44. The third-order valence-electron chi connectivity index (χ3n) is 4.94. The molecule has 0 unspecified atom stereocenters. The van der Waals surface area contributed by atoms with Gasteiger partial charge >= 0.3 is 0 Å². The molecule has 0 aliphatic carbocycles. The number of aromatic nitrogens is 4. The predicted octanol–water partition coefficient (Wildman–Crippen LogP) is 2.65. The molecule has 29 heavy (non-hydrogen) atoms. The van der Waals surface area contributed by atoms with E-state index in [4.69, 9.17) is 11.6 Å². The van der Waals surface area contributed by atoms with Crippen molar-refractivity contribution in [2.24, 2.45) is 0 Å². The molecule has 0 atom stereocenters. The van der Waals surface area contributed by atoms with E-state index in [9.17, 15) is 9.18 Å². The molecular formula is C20H20ClFN6O. The summed E-state index contributed by atoms with van der Waals surface area (Å²) >= 11 is 6.03. The molecule has 9 heteroatoms. The number of piperazine rings is 1. The van der Waals surface area contributed by atoms with Crippen LogP contribution < -0.4 is 4.90 Å². The summed E-state index contributed by atoms with van der Waals surface area (Å²) in [4.78, 5) is 16.4. The number of halogens is 2. The molecule has 7 nitrogen and oxygen atoms in total. The summed E-state index contributed by atoms with van der Waals surface area (Å²) in [6, 6.07) is 10.1. The molecule has 1 fully saturated rings. The van der Waals surface area contributed by atoms with Gasteiger partial charge in [0, 0.05) is 43.0 Å². The molecular weight excluding hydrogens is 395 g/mol. The minimum Gasteiger partial charge on any atom is -0.352 e. The lowest BCUT2D eigenvalue weighted by Crippen LogP contribution is -2.49. The average molecular weight is 415 g/mol. The second kappa shape index (κ2) is 8.16. The lowest BCUT2D eigenvalue weighted by molar-refractivity contribution is -0.130. The first-order chi connectivity index (χ1) is 14.0. The molecule has 3 heterocycles. The zero-order chi connectivity index (χ0) is 20.4. The summed E-state index contributed by atoms with van der Waals surface area (Å²) in [5, 5.41) is 13.1. The van der Waals surface area contributed by atoms with Crippen molar-refractivity contribution in [1.29, 1.82) is 0 Å². The van der Waals surface area contributed by atoms with Crippen LogP contribution >= 0.6 is 11.6 Å². The van der Waals surface area contributed by atoms with Crippen molar-refractivity contribution in [3.05, 3.63) is 64.7 Å².